The number of nitrogens with zero attached hydrogens (tertiary/aromatic N) is 3. The van der Waals surface area contributed by atoms with Crippen molar-refractivity contribution in [3.63, 3.8) is 0 Å². The molecule has 0 atom stereocenters. The van der Waals surface area contributed by atoms with Gasteiger partial charge in [0.2, 0.25) is 0 Å². The monoisotopic (exact) mass is 358 g/mol. The highest BCUT2D eigenvalue weighted by atomic mass is 32.3. The summed E-state index contributed by atoms with van der Waals surface area (Å²) in [5, 5.41) is 14.5. The first-order valence-electron chi connectivity index (χ1n) is 7.81. The van der Waals surface area contributed by atoms with Gasteiger partial charge in [0.1, 0.15) is 5.82 Å². The third-order valence-electron chi connectivity index (χ3n) is 2.87. The van der Waals surface area contributed by atoms with Gasteiger partial charge in [0.05, 0.1) is 0 Å². The number of H-pyrrole nitrogens is 1. The summed E-state index contributed by atoms with van der Waals surface area (Å²) in [6.07, 6.45) is 15.9. The van der Waals surface area contributed by atoms with Gasteiger partial charge < -0.3 is 4.98 Å². The standard InChI is InChI=1S/C13H24N2.C2N2.H2O4S/c1-2-3-4-5-6-7-8-9-10-13-14-11-12-15-13;3-1-2-4;1-5(2,3)4/h11-12H,2-10H2,1H3,(H,14,15);;(H2,1,2,3,4). The van der Waals surface area contributed by atoms with Crippen LogP contribution in [0.5, 0.6) is 0 Å². The summed E-state index contributed by atoms with van der Waals surface area (Å²) < 4.78 is 31.6. The van der Waals surface area contributed by atoms with Crippen LogP contribution in [0.4, 0.5) is 0 Å². The van der Waals surface area contributed by atoms with Crippen molar-refractivity contribution in [3.05, 3.63) is 18.2 Å². The molecule has 0 fully saturated rings. The molecule has 0 amide bonds. The second-order valence-corrected chi connectivity index (χ2v) is 5.83. The maximum Gasteiger partial charge on any atom is 0.394 e. The van der Waals surface area contributed by atoms with Crippen molar-refractivity contribution < 1.29 is 17.5 Å². The fourth-order valence-corrected chi connectivity index (χ4v) is 1.86. The maximum atomic E-state index is 8.74. The SMILES string of the molecule is CCCCCCCCCCc1ncc[nH]1.N#CC#N.O=S(=O)(O)O. The Kier molecular flexibility index (Phi) is 17.6. The van der Waals surface area contributed by atoms with Crippen LogP contribution in [0.2, 0.25) is 0 Å². The Balaban J connectivity index is 0. The zero-order valence-electron chi connectivity index (χ0n) is 14.0. The zero-order chi connectivity index (χ0) is 18.7. The summed E-state index contributed by atoms with van der Waals surface area (Å²) in [4.78, 5) is 7.36. The van der Waals surface area contributed by atoms with Crippen LogP contribution in [0.3, 0.4) is 0 Å². The highest BCUT2D eigenvalue weighted by Gasteiger charge is 1.95. The van der Waals surface area contributed by atoms with Gasteiger partial charge in [-0.3, -0.25) is 9.11 Å². The number of unbranched alkanes of at least 4 members (excludes halogenated alkanes) is 7. The molecule has 1 aromatic heterocycles. The van der Waals surface area contributed by atoms with E-state index in [9.17, 15) is 0 Å². The first kappa shape index (κ1) is 24.3. The number of nitrogens with one attached hydrogen (secondary N) is 1. The van der Waals surface area contributed by atoms with Crippen LogP contribution in [-0.4, -0.2) is 27.5 Å². The number of aryl methyl sites for hydroxylation is 1. The predicted molar refractivity (Wildman–Crippen MR) is 90.3 cm³/mol. The molecule has 0 aliphatic carbocycles. The molecular weight excluding hydrogens is 332 g/mol. The number of hydrogen-bond acceptors (Lipinski definition) is 5. The van der Waals surface area contributed by atoms with Gasteiger partial charge >= 0.3 is 10.4 Å². The Hall–Kier alpha value is -1.94. The molecule has 0 radical (unpaired) electrons. The van der Waals surface area contributed by atoms with Gasteiger partial charge in [0.25, 0.3) is 0 Å². The topological polar surface area (TPSA) is 151 Å². The average Bonchev–Trinajstić information content (AvgIpc) is 3.02. The van der Waals surface area contributed by atoms with E-state index in [4.69, 9.17) is 28.0 Å². The molecule has 0 saturated carbocycles. The lowest BCUT2D eigenvalue weighted by Gasteiger charge is -2.00. The molecule has 0 aliphatic rings. The average molecular weight is 358 g/mol. The van der Waals surface area contributed by atoms with Crippen LogP contribution in [-0.2, 0) is 16.8 Å². The van der Waals surface area contributed by atoms with Crippen molar-refractivity contribution in [1.29, 1.82) is 10.5 Å². The van der Waals surface area contributed by atoms with Gasteiger partial charge in [0.15, 0.2) is 12.1 Å². The minimum absolute atomic E-state index is 1.11. The van der Waals surface area contributed by atoms with Crippen LogP contribution in [0.1, 0.15) is 64.1 Å². The van der Waals surface area contributed by atoms with E-state index in [2.05, 4.69) is 16.9 Å². The molecule has 0 aliphatic heterocycles. The molecule has 3 N–H and O–H groups in total. The van der Waals surface area contributed by atoms with E-state index in [0.717, 1.165) is 12.2 Å². The first-order valence-corrected chi connectivity index (χ1v) is 9.21. The Morgan fingerprint density at radius 2 is 1.50 bits per heavy atom. The van der Waals surface area contributed by atoms with Gasteiger partial charge in [-0.25, -0.2) is 4.98 Å². The molecule has 1 aromatic rings. The Labute approximate surface area is 144 Å². The molecule has 9 heteroatoms. The molecule has 136 valence electrons. The molecule has 1 rings (SSSR count). The van der Waals surface area contributed by atoms with E-state index in [1.165, 1.54) is 63.5 Å². The fourth-order valence-electron chi connectivity index (χ4n) is 1.86. The third kappa shape index (κ3) is 28.3. The smallest absolute Gasteiger partial charge is 0.349 e. The van der Waals surface area contributed by atoms with Crippen LogP contribution < -0.4 is 0 Å². The molecule has 0 aromatic carbocycles. The van der Waals surface area contributed by atoms with E-state index in [-0.39, 0.29) is 0 Å². The Morgan fingerprint density at radius 1 is 1.04 bits per heavy atom. The molecule has 0 unspecified atom stereocenters. The van der Waals surface area contributed by atoms with E-state index < -0.39 is 10.4 Å². The largest absolute Gasteiger partial charge is 0.394 e. The third-order valence-corrected chi connectivity index (χ3v) is 2.87. The van der Waals surface area contributed by atoms with Gasteiger partial charge in [-0.2, -0.15) is 18.9 Å². The molecule has 8 nitrogen and oxygen atoms in total. The fraction of sp³-hybridized carbons (Fsp3) is 0.667. The van der Waals surface area contributed by atoms with Gasteiger partial charge in [0, 0.05) is 18.8 Å². The first-order chi connectivity index (χ1) is 11.3. The van der Waals surface area contributed by atoms with Crippen LogP contribution in [0.15, 0.2) is 12.4 Å². The summed E-state index contributed by atoms with van der Waals surface area (Å²) in [5.41, 5.74) is 0. The second-order valence-electron chi connectivity index (χ2n) is 4.93. The lowest BCUT2D eigenvalue weighted by molar-refractivity contribution is 0.381. The van der Waals surface area contributed by atoms with Crippen molar-refractivity contribution in [2.45, 2.75) is 64.7 Å². The molecular formula is C15H26N4O4S. The van der Waals surface area contributed by atoms with Crippen LogP contribution in [0.25, 0.3) is 0 Å². The summed E-state index contributed by atoms with van der Waals surface area (Å²) >= 11 is 0. The lowest BCUT2D eigenvalue weighted by atomic mass is 10.1. The minimum Gasteiger partial charge on any atom is -0.349 e. The number of nitriles is 2. The number of aromatic amines is 1. The highest BCUT2D eigenvalue weighted by molar-refractivity contribution is 7.79. The van der Waals surface area contributed by atoms with Crippen LogP contribution >= 0.6 is 0 Å². The van der Waals surface area contributed by atoms with E-state index in [1.54, 1.807) is 0 Å². The summed E-state index contributed by atoms with van der Waals surface area (Å²) in [5.74, 6) is 1.14. The summed E-state index contributed by atoms with van der Waals surface area (Å²) in [6.45, 7) is 2.27. The molecule has 24 heavy (non-hydrogen) atoms. The minimum atomic E-state index is -4.67. The molecule has 0 bridgehead atoms. The van der Waals surface area contributed by atoms with Crippen molar-refractivity contribution in [1.82, 2.24) is 9.97 Å². The van der Waals surface area contributed by atoms with E-state index >= 15 is 0 Å². The Morgan fingerprint density at radius 3 is 1.88 bits per heavy atom. The van der Waals surface area contributed by atoms with Crippen molar-refractivity contribution in [2.75, 3.05) is 0 Å². The number of aromatic nitrogens is 2. The summed E-state index contributed by atoms with van der Waals surface area (Å²) in [6, 6.07) is 2.47. The predicted octanol–water partition coefficient (Wildman–Crippen LogP) is 3.47. The van der Waals surface area contributed by atoms with Crippen molar-refractivity contribution in [2.24, 2.45) is 0 Å². The maximum absolute atomic E-state index is 8.74. The Bertz CT molecular complexity index is 539. The van der Waals surface area contributed by atoms with E-state index in [1.807, 2.05) is 12.4 Å². The number of rotatable bonds is 9. The van der Waals surface area contributed by atoms with Crippen molar-refractivity contribution >= 4 is 10.4 Å². The quantitative estimate of drug-likeness (QED) is 0.451. The van der Waals surface area contributed by atoms with Crippen molar-refractivity contribution in [3.8, 4) is 12.1 Å². The highest BCUT2D eigenvalue weighted by Crippen LogP contribution is 2.09. The number of imidazole rings is 1. The second kappa shape index (κ2) is 17.4. The molecule has 0 spiro atoms. The number of hydrogen-bond donors (Lipinski definition) is 3. The van der Waals surface area contributed by atoms with E-state index in [0.29, 0.717) is 0 Å². The normalized spacial score (nSPS) is 9.54. The van der Waals surface area contributed by atoms with Gasteiger partial charge in [-0.15, -0.1) is 0 Å². The molecule has 1 heterocycles. The van der Waals surface area contributed by atoms with Gasteiger partial charge in [-0.05, 0) is 6.42 Å². The lowest BCUT2D eigenvalue weighted by Crippen LogP contribution is -1.89. The van der Waals surface area contributed by atoms with Crippen LogP contribution in [0, 0.1) is 22.7 Å². The molecule has 0 saturated heterocycles. The van der Waals surface area contributed by atoms with Gasteiger partial charge in [-0.1, -0.05) is 51.9 Å². The summed E-state index contributed by atoms with van der Waals surface area (Å²) in [7, 11) is -4.67. The zero-order valence-corrected chi connectivity index (χ0v) is 14.8.